The van der Waals surface area contributed by atoms with Crippen molar-refractivity contribution in [2.45, 2.75) is 6.42 Å². The summed E-state index contributed by atoms with van der Waals surface area (Å²) >= 11 is 12.0. The molecule has 0 saturated heterocycles. The molecule has 0 unspecified atom stereocenters. The fraction of sp³-hybridized carbons (Fsp3) is 0.0909. The molecule has 0 saturated carbocycles. The van der Waals surface area contributed by atoms with E-state index >= 15 is 0 Å². The largest absolute Gasteiger partial charge is 0.323 e. The van der Waals surface area contributed by atoms with Crippen molar-refractivity contribution in [3.63, 3.8) is 0 Å². The summed E-state index contributed by atoms with van der Waals surface area (Å²) in [6.07, 6.45) is 9.07. The normalized spacial score (nSPS) is 14.9. The number of anilines is 1. The Labute approximate surface area is 93.2 Å². The topological polar surface area (TPSA) is 3.24 Å². The molecule has 1 aromatic carbocycles. The van der Waals surface area contributed by atoms with Crippen LogP contribution < -0.4 is 4.90 Å². The van der Waals surface area contributed by atoms with E-state index < -0.39 is 0 Å². The molecule has 0 fully saturated rings. The molecule has 0 radical (unpaired) electrons. The Morgan fingerprint density at radius 2 is 1.79 bits per heavy atom. The zero-order valence-electron chi connectivity index (χ0n) is 7.45. The van der Waals surface area contributed by atoms with E-state index in [1.807, 2.05) is 29.4 Å². The summed E-state index contributed by atoms with van der Waals surface area (Å²) in [7, 11) is 0. The molecule has 0 aliphatic carbocycles. The molecule has 3 heteroatoms. The van der Waals surface area contributed by atoms with Crippen LogP contribution in [0.1, 0.15) is 6.42 Å². The standard InChI is InChI=1S/C11H9Cl2N/c12-9-5-4-6-10(11(9)13)14-7-2-1-3-8-14/h2-8H,1H2. The van der Waals surface area contributed by atoms with Gasteiger partial charge in [-0.05, 0) is 18.6 Å². The second kappa shape index (κ2) is 4.07. The van der Waals surface area contributed by atoms with E-state index in [-0.39, 0.29) is 0 Å². The van der Waals surface area contributed by atoms with Gasteiger partial charge >= 0.3 is 0 Å². The van der Waals surface area contributed by atoms with Gasteiger partial charge in [0.2, 0.25) is 0 Å². The molecule has 1 aromatic rings. The van der Waals surface area contributed by atoms with Gasteiger partial charge in [-0.25, -0.2) is 0 Å². The van der Waals surface area contributed by atoms with Crippen molar-refractivity contribution >= 4 is 28.9 Å². The molecule has 0 bridgehead atoms. The summed E-state index contributed by atoms with van der Waals surface area (Å²) in [4.78, 5) is 1.96. The van der Waals surface area contributed by atoms with E-state index in [9.17, 15) is 0 Å². The highest BCUT2D eigenvalue weighted by molar-refractivity contribution is 6.43. The first-order valence-corrected chi connectivity index (χ1v) is 5.10. The number of nitrogens with zero attached hydrogens (tertiary/aromatic N) is 1. The molecule has 1 nitrogen and oxygen atoms in total. The van der Waals surface area contributed by atoms with Crippen LogP contribution in [0.5, 0.6) is 0 Å². The lowest BCUT2D eigenvalue weighted by Crippen LogP contribution is -2.09. The highest BCUT2D eigenvalue weighted by atomic mass is 35.5. The maximum absolute atomic E-state index is 6.09. The highest BCUT2D eigenvalue weighted by Crippen LogP contribution is 2.33. The lowest BCUT2D eigenvalue weighted by molar-refractivity contribution is 1.18. The minimum absolute atomic E-state index is 0.580. The van der Waals surface area contributed by atoms with Gasteiger partial charge in [0, 0.05) is 12.4 Å². The number of halogens is 2. The van der Waals surface area contributed by atoms with Gasteiger partial charge in [0.25, 0.3) is 0 Å². The maximum atomic E-state index is 6.09. The SMILES string of the molecule is Clc1cccc(N2C=CCC=C2)c1Cl. The molecular weight excluding hydrogens is 217 g/mol. The number of rotatable bonds is 1. The molecule has 0 atom stereocenters. The predicted molar refractivity (Wildman–Crippen MR) is 61.8 cm³/mol. The number of hydrogen-bond donors (Lipinski definition) is 0. The van der Waals surface area contributed by atoms with Crippen LogP contribution >= 0.6 is 23.2 Å². The fourth-order valence-corrected chi connectivity index (χ4v) is 1.72. The Morgan fingerprint density at radius 3 is 2.50 bits per heavy atom. The van der Waals surface area contributed by atoms with Crippen molar-refractivity contribution < 1.29 is 0 Å². The van der Waals surface area contributed by atoms with E-state index in [2.05, 4.69) is 12.2 Å². The van der Waals surface area contributed by atoms with Gasteiger partial charge < -0.3 is 4.90 Å². The molecule has 0 aromatic heterocycles. The van der Waals surface area contributed by atoms with Gasteiger partial charge in [0.15, 0.2) is 0 Å². The van der Waals surface area contributed by atoms with E-state index in [1.165, 1.54) is 0 Å². The minimum atomic E-state index is 0.580. The average Bonchev–Trinajstić information content (AvgIpc) is 2.23. The van der Waals surface area contributed by atoms with Crippen LogP contribution in [0.4, 0.5) is 5.69 Å². The fourth-order valence-electron chi connectivity index (χ4n) is 1.33. The Kier molecular flexibility index (Phi) is 2.80. The highest BCUT2D eigenvalue weighted by Gasteiger charge is 2.08. The number of benzene rings is 1. The third-order valence-corrected chi connectivity index (χ3v) is 2.82. The third kappa shape index (κ3) is 1.79. The summed E-state index contributed by atoms with van der Waals surface area (Å²) < 4.78 is 0. The monoisotopic (exact) mass is 225 g/mol. The molecule has 2 rings (SSSR count). The van der Waals surface area contributed by atoms with Gasteiger partial charge in [-0.2, -0.15) is 0 Å². The van der Waals surface area contributed by atoms with Crippen molar-refractivity contribution in [3.05, 3.63) is 52.8 Å². The molecular formula is C11H9Cl2N. The Bertz CT molecular complexity index is 384. The maximum Gasteiger partial charge on any atom is 0.0832 e. The van der Waals surface area contributed by atoms with Gasteiger partial charge in [0.05, 0.1) is 15.7 Å². The number of hydrogen-bond acceptors (Lipinski definition) is 1. The van der Waals surface area contributed by atoms with Crippen molar-refractivity contribution in [1.82, 2.24) is 0 Å². The Balaban J connectivity index is 2.40. The van der Waals surface area contributed by atoms with Crippen molar-refractivity contribution in [2.24, 2.45) is 0 Å². The first-order chi connectivity index (χ1) is 6.79. The van der Waals surface area contributed by atoms with Crippen LogP contribution in [0, 0.1) is 0 Å². The zero-order valence-corrected chi connectivity index (χ0v) is 8.96. The van der Waals surface area contributed by atoms with Gasteiger partial charge in [-0.15, -0.1) is 0 Å². The van der Waals surface area contributed by atoms with Gasteiger partial charge in [0.1, 0.15) is 0 Å². The van der Waals surface area contributed by atoms with Crippen LogP contribution in [0.2, 0.25) is 10.0 Å². The third-order valence-electron chi connectivity index (χ3n) is 2.01. The first-order valence-electron chi connectivity index (χ1n) is 4.35. The van der Waals surface area contributed by atoms with Crippen molar-refractivity contribution in [2.75, 3.05) is 4.90 Å². The summed E-state index contributed by atoms with van der Waals surface area (Å²) in [5.74, 6) is 0. The smallest absolute Gasteiger partial charge is 0.0832 e. The first kappa shape index (κ1) is 9.63. The summed E-state index contributed by atoms with van der Waals surface area (Å²) in [5, 5.41) is 1.17. The van der Waals surface area contributed by atoms with Crippen molar-refractivity contribution in [3.8, 4) is 0 Å². The van der Waals surface area contributed by atoms with E-state index in [1.54, 1.807) is 6.07 Å². The summed E-state index contributed by atoms with van der Waals surface area (Å²) in [6, 6.07) is 5.61. The molecule has 72 valence electrons. The Hall–Kier alpha value is -0.920. The molecule has 1 heterocycles. The van der Waals surface area contributed by atoms with Gasteiger partial charge in [-0.3, -0.25) is 0 Å². The van der Waals surface area contributed by atoms with Gasteiger partial charge in [-0.1, -0.05) is 41.4 Å². The number of allylic oxidation sites excluding steroid dienone is 2. The summed E-state index contributed by atoms with van der Waals surface area (Å²) in [6.45, 7) is 0. The predicted octanol–water partition coefficient (Wildman–Crippen LogP) is 4.23. The second-order valence-corrected chi connectivity index (χ2v) is 3.77. The van der Waals surface area contributed by atoms with Crippen LogP contribution in [0.25, 0.3) is 0 Å². The second-order valence-electron chi connectivity index (χ2n) is 2.99. The quantitative estimate of drug-likeness (QED) is 0.692. The van der Waals surface area contributed by atoms with Crippen LogP contribution in [0.15, 0.2) is 42.8 Å². The van der Waals surface area contributed by atoms with E-state index in [4.69, 9.17) is 23.2 Å². The average molecular weight is 226 g/mol. The molecule has 0 spiro atoms. The molecule has 1 aliphatic rings. The molecule has 0 N–H and O–H groups in total. The van der Waals surface area contributed by atoms with Crippen LogP contribution in [0.3, 0.4) is 0 Å². The lowest BCUT2D eigenvalue weighted by atomic mass is 10.2. The van der Waals surface area contributed by atoms with E-state index in [0.29, 0.717) is 10.0 Å². The Morgan fingerprint density at radius 1 is 1.07 bits per heavy atom. The lowest BCUT2D eigenvalue weighted by Gasteiger charge is -2.19. The molecule has 14 heavy (non-hydrogen) atoms. The van der Waals surface area contributed by atoms with Crippen molar-refractivity contribution in [1.29, 1.82) is 0 Å². The van der Waals surface area contributed by atoms with Crippen LogP contribution in [-0.4, -0.2) is 0 Å². The zero-order chi connectivity index (χ0) is 9.97. The molecule has 1 aliphatic heterocycles. The van der Waals surface area contributed by atoms with E-state index in [0.717, 1.165) is 12.1 Å². The summed E-state index contributed by atoms with van der Waals surface area (Å²) in [5.41, 5.74) is 0.909. The minimum Gasteiger partial charge on any atom is -0.323 e. The van der Waals surface area contributed by atoms with Crippen LogP contribution in [-0.2, 0) is 0 Å². The molecule has 0 amide bonds.